The molecule has 16 heavy (non-hydrogen) atoms. The van der Waals surface area contributed by atoms with Gasteiger partial charge in [0, 0.05) is 27.2 Å². The first kappa shape index (κ1) is 10.3. The number of hydrogen-bond donors (Lipinski definition) is 0. The van der Waals surface area contributed by atoms with Crippen LogP contribution in [0.25, 0.3) is 11.1 Å². The lowest BCUT2D eigenvalue weighted by atomic mass is 10.1. The highest BCUT2D eigenvalue weighted by atomic mass is 32.1. The van der Waals surface area contributed by atoms with Gasteiger partial charge in [-0.1, -0.05) is 38.1 Å². The van der Waals surface area contributed by atoms with Crippen LogP contribution in [0.1, 0.15) is 13.8 Å². The topological polar surface area (TPSA) is 17.1 Å². The van der Waals surface area contributed by atoms with Gasteiger partial charge in [0.15, 0.2) is 0 Å². The Morgan fingerprint density at radius 2 is 1.81 bits per heavy atom. The van der Waals surface area contributed by atoms with Gasteiger partial charge in [-0.3, -0.25) is 0 Å². The molecule has 0 N–H and O–H groups in total. The van der Waals surface area contributed by atoms with Crippen LogP contribution < -0.4 is 10.6 Å². The molecule has 3 heteroatoms. The lowest BCUT2D eigenvalue weighted by Crippen LogP contribution is -2.16. The summed E-state index contributed by atoms with van der Waals surface area (Å²) in [5, 5.41) is 6.32. The summed E-state index contributed by atoms with van der Waals surface area (Å²) < 4.78 is 13.2. The van der Waals surface area contributed by atoms with Gasteiger partial charge >= 0.3 is 0 Å². The summed E-state index contributed by atoms with van der Waals surface area (Å²) in [6.07, 6.45) is 0. The number of rotatable bonds is 1. The summed E-state index contributed by atoms with van der Waals surface area (Å²) in [7, 11) is -2.36. The minimum Gasteiger partial charge on any atom is -0.313 e. The molecule has 1 unspecified atom stereocenters. The molecule has 3 rings (SSSR count). The monoisotopic (exact) mass is 248 g/mol. The molecule has 1 aliphatic rings. The van der Waals surface area contributed by atoms with Crippen molar-refractivity contribution in [2.24, 2.45) is 0 Å². The van der Waals surface area contributed by atoms with E-state index in [1.165, 1.54) is 11.1 Å². The molecular formula is C13H13OPS. The van der Waals surface area contributed by atoms with Crippen LogP contribution in [0.3, 0.4) is 0 Å². The summed E-state index contributed by atoms with van der Waals surface area (Å²) in [6, 6.07) is 8.13. The lowest BCUT2D eigenvalue weighted by molar-refractivity contribution is 0.582. The van der Waals surface area contributed by atoms with Gasteiger partial charge < -0.3 is 4.57 Å². The second kappa shape index (κ2) is 3.32. The summed E-state index contributed by atoms with van der Waals surface area (Å²) >= 11 is 1.65. The van der Waals surface area contributed by atoms with Crippen molar-refractivity contribution < 1.29 is 4.57 Å². The van der Waals surface area contributed by atoms with Crippen molar-refractivity contribution in [3.8, 4) is 11.1 Å². The van der Waals surface area contributed by atoms with E-state index in [1.54, 1.807) is 11.3 Å². The van der Waals surface area contributed by atoms with Crippen LogP contribution in [0.4, 0.5) is 0 Å². The minimum absolute atomic E-state index is 0.185. The Balaban J connectivity index is 2.42. The van der Waals surface area contributed by atoms with E-state index >= 15 is 0 Å². The van der Waals surface area contributed by atoms with E-state index in [-0.39, 0.29) is 5.66 Å². The Morgan fingerprint density at radius 1 is 1.06 bits per heavy atom. The molecule has 0 saturated heterocycles. The summed E-state index contributed by atoms with van der Waals surface area (Å²) in [6.45, 7) is 4.12. The fourth-order valence-electron chi connectivity index (χ4n) is 2.43. The van der Waals surface area contributed by atoms with Crippen LogP contribution in [0, 0.1) is 0 Å². The van der Waals surface area contributed by atoms with E-state index in [2.05, 4.69) is 30.7 Å². The van der Waals surface area contributed by atoms with Crippen LogP contribution in [-0.4, -0.2) is 5.66 Å². The molecule has 2 heterocycles. The van der Waals surface area contributed by atoms with E-state index in [1.807, 2.05) is 18.2 Å². The molecule has 1 nitrogen and oxygen atoms in total. The van der Waals surface area contributed by atoms with Gasteiger partial charge in [-0.15, -0.1) is 0 Å². The van der Waals surface area contributed by atoms with Crippen LogP contribution in [0.2, 0.25) is 0 Å². The first-order valence-corrected chi connectivity index (χ1v) is 8.14. The average Bonchev–Trinajstić information content (AvgIpc) is 2.83. The maximum absolute atomic E-state index is 13.2. The van der Waals surface area contributed by atoms with E-state index in [9.17, 15) is 4.57 Å². The lowest BCUT2D eigenvalue weighted by Gasteiger charge is -2.18. The Morgan fingerprint density at radius 3 is 2.56 bits per heavy atom. The third-order valence-corrected chi connectivity index (χ3v) is 7.84. The number of fused-ring (bicyclic) bond motifs is 3. The maximum atomic E-state index is 13.2. The number of benzene rings is 1. The van der Waals surface area contributed by atoms with Crippen molar-refractivity contribution in [3.05, 3.63) is 35.0 Å². The predicted molar refractivity (Wildman–Crippen MR) is 71.8 cm³/mol. The first-order valence-electron chi connectivity index (χ1n) is 5.42. The number of hydrogen-bond acceptors (Lipinski definition) is 2. The van der Waals surface area contributed by atoms with Crippen molar-refractivity contribution in [3.63, 3.8) is 0 Å². The van der Waals surface area contributed by atoms with Crippen LogP contribution in [-0.2, 0) is 4.57 Å². The van der Waals surface area contributed by atoms with Gasteiger partial charge in [0.05, 0.1) is 0 Å². The van der Waals surface area contributed by atoms with Gasteiger partial charge in [0.25, 0.3) is 0 Å². The predicted octanol–water partition coefficient (Wildman–Crippen LogP) is 3.45. The maximum Gasteiger partial charge on any atom is 0.147 e. The Hall–Kier alpha value is -0.850. The smallest absolute Gasteiger partial charge is 0.147 e. The quantitative estimate of drug-likeness (QED) is 0.706. The highest BCUT2D eigenvalue weighted by Gasteiger charge is 2.41. The van der Waals surface area contributed by atoms with Crippen LogP contribution in [0.15, 0.2) is 35.0 Å². The zero-order chi connectivity index (χ0) is 11.3. The summed E-state index contributed by atoms with van der Waals surface area (Å²) in [5.74, 6) is 0. The van der Waals surface area contributed by atoms with Crippen molar-refractivity contribution in [2.75, 3.05) is 0 Å². The standard InChI is InChI=1S/C13H13OPS/c1-9(2)15(14)12-6-4-3-5-10(12)11-7-16-8-13(11)15/h3-9H,1-2H3. The molecule has 82 valence electrons. The highest BCUT2D eigenvalue weighted by molar-refractivity contribution is 7.80. The molecule has 1 aromatic heterocycles. The molecule has 2 aromatic rings. The molecule has 1 atom stereocenters. The average molecular weight is 248 g/mol. The van der Waals surface area contributed by atoms with Gasteiger partial charge in [-0.05, 0) is 10.9 Å². The fraction of sp³-hybridized carbons (Fsp3) is 0.231. The third kappa shape index (κ3) is 1.09. The van der Waals surface area contributed by atoms with Crippen molar-refractivity contribution in [2.45, 2.75) is 19.5 Å². The molecule has 0 radical (unpaired) electrons. The molecule has 1 aromatic carbocycles. The largest absolute Gasteiger partial charge is 0.313 e. The van der Waals surface area contributed by atoms with Crippen molar-refractivity contribution in [1.29, 1.82) is 0 Å². The molecule has 0 bridgehead atoms. The second-order valence-corrected chi connectivity index (χ2v) is 8.50. The zero-order valence-corrected chi connectivity index (χ0v) is 11.0. The van der Waals surface area contributed by atoms with Crippen LogP contribution in [0.5, 0.6) is 0 Å². The van der Waals surface area contributed by atoms with E-state index in [4.69, 9.17) is 0 Å². The fourth-order valence-corrected chi connectivity index (χ4v) is 6.81. The van der Waals surface area contributed by atoms with Gasteiger partial charge in [-0.2, -0.15) is 11.3 Å². The van der Waals surface area contributed by atoms with Crippen molar-refractivity contribution >= 4 is 29.1 Å². The Kier molecular flexibility index (Phi) is 2.14. The first-order chi connectivity index (χ1) is 7.65. The molecule has 0 fully saturated rings. The van der Waals surface area contributed by atoms with E-state index < -0.39 is 7.14 Å². The number of thiophene rings is 1. The summed E-state index contributed by atoms with van der Waals surface area (Å²) in [4.78, 5) is 0. The minimum atomic E-state index is -2.36. The second-order valence-electron chi connectivity index (χ2n) is 4.44. The molecule has 1 aliphatic heterocycles. The molecule has 0 spiro atoms. The summed E-state index contributed by atoms with van der Waals surface area (Å²) in [5.41, 5.74) is 2.55. The molecule has 0 amide bonds. The van der Waals surface area contributed by atoms with E-state index in [0.29, 0.717) is 0 Å². The van der Waals surface area contributed by atoms with Crippen molar-refractivity contribution in [1.82, 2.24) is 0 Å². The van der Waals surface area contributed by atoms with Gasteiger partial charge in [0.2, 0.25) is 0 Å². The third-order valence-electron chi connectivity index (χ3n) is 3.28. The normalized spacial score (nSPS) is 22.2. The highest BCUT2D eigenvalue weighted by Crippen LogP contribution is 2.57. The zero-order valence-electron chi connectivity index (χ0n) is 9.31. The SMILES string of the molecule is CC(C)P1(=O)c2ccccc2-c2cscc21. The molecular weight excluding hydrogens is 235 g/mol. The van der Waals surface area contributed by atoms with E-state index in [0.717, 1.165) is 10.6 Å². The van der Waals surface area contributed by atoms with Crippen LogP contribution >= 0.6 is 18.5 Å². The Bertz CT molecular complexity index is 597. The molecule has 0 aliphatic carbocycles. The Labute approximate surface area is 99.5 Å². The van der Waals surface area contributed by atoms with Gasteiger partial charge in [0.1, 0.15) is 7.14 Å². The van der Waals surface area contributed by atoms with Gasteiger partial charge in [-0.25, -0.2) is 0 Å². The molecule has 0 saturated carbocycles.